The molecular formula is C13H18O3S. The molecule has 1 aromatic rings. The Morgan fingerprint density at radius 3 is 2.71 bits per heavy atom. The first-order valence-corrected chi connectivity index (χ1v) is 7.64. The van der Waals surface area contributed by atoms with E-state index in [2.05, 4.69) is 0 Å². The summed E-state index contributed by atoms with van der Waals surface area (Å²) in [6, 6.07) is 7.75. The summed E-state index contributed by atoms with van der Waals surface area (Å²) in [4.78, 5) is 0. The highest BCUT2D eigenvalue weighted by atomic mass is 32.2. The maximum absolute atomic E-state index is 11.1. The molecule has 0 spiro atoms. The number of hydrogen-bond acceptors (Lipinski definition) is 3. The monoisotopic (exact) mass is 254 g/mol. The van der Waals surface area contributed by atoms with Gasteiger partial charge in [-0.3, -0.25) is 4.21 Å². The van der Waals surface area contributed by atoms with Gasteiger partial charge in [0.15, 0.2) is 6.29 Å². The van der Waals surface area contributed by atoms with E-state index in [4.69, 9.17) is 9.47 Å². The fourth-order valence-corrected chi connectivity index (χ4v) is 2.52. The number of ether oxygens (including phenoxy) is 2. The van der Waals surface area contributed by atoms with Gasteiger partial charge in [0, 0.05) is 29.2 Å². The molecule has 1 saturated heterocycles. The van der Waals surface area contributed by atoms with E-state index in [0.29, 0.717) is 5.75 Å². The highest BCUT2D eigenvalue weighted by Crippen LogP contribution is 2.19. The Morgan fingerprint density at radius 2 is 2.12 bits per heavy atom. The molecule has 2 atom stereocenters. The fourth-order valence-electron chi connectivity index (χ4n) is 1.85. The largest absolute Gasteiger partial charge is 0.465 e. The van der Waals surface area contributed by atoms with Crippen LogP contribution in [0.15, 0.2) is 24.3 Å². The van der Waals surface area contributed by atoms with E-state index in [1.54, 1.807) is 6.26 Å². The minimum atomic E-state index is -0.795. The van der Waals surface area contributed by atoms with Crippen molar-refractivity contribution in [3.05, 3.63) is 29.8 Å². The Kier molecular flexibility index (Phi) is 4.57. The summed E-state index contributed by atoms with van der Waals surface area (Å²) in [6.45, 7) is 0.789. The van der Waals surface area contributed by atoms with Crippen LogP contribution in [0.5, 0.6) is 5.75 Å². The zero-order valence-electron chi connectivity index (χ0n) is 10.1. The predicted octanol–water partition coefficient (Wildman–Crippen LogP) is 2.47. The molecule has 3 nitrogen and oxygen atoms in total. The first-order chi connectivity index (χ1) is 8.24. The Bertz CT molecular complexity index is 369. The Balaban J connectivity index is 1.90. The lowest BCUT2D eigenvalue weighted by Gasteiger charge is -2.23. The lowest BCUT2D eigenvalue weighted by molar-refractivity contribution is -0.105. The first kappa shape index (κ1) is 12.6. The van der Waals surface area contributed by atoms with Crippen molar-refractivity contribution >= 4 is 10.8 Å². The molecule has 0 amide bonds. The molecule has 0 saturated carbocycles. The van der Waals surface area contributed by atoms with Crippen LogP contribution in [0.3, 0.4) is 0 Å². The third kappa shape index (κ3) is 4.13. The molecule has 2 unspecified atom stereocenters. The van der Waals surface area contributed by atoms with Crippen LogP contribution in [-0.2, 0) is 21.3 Å². The molecule has 1 aliphatic heterocycles. The van der Waals surface area contributed by atoms with Crippen LogP contribution in [0.25, 0.3) is 0 Å². The minimum absolute atomic E-state index is 0.102. The molecule has 17 heavy (non-hydrogen) atoms. The second-order valence-electron chi connectivity index (χ2n) is 4.28. The summed E-state index contributed by atoms with van der Waals surface area (Å²) < 4.78 is 22.3. The highest BCUT2D eigenvalue weighted by molar-refractivity contribution is 7.83. The van der Waals surface area contributed by atoms with E-state index >= 15 is 0 Å². The van der Waals surface area contributed by atoms with Crippen molar-refractivity contribution in [2.75, 3.05) is 12.9 Å². The standard InChI is InChI=1S/C13H18O3S/c1-17(14)10-11-5-7-12(8-6-11)16-13-4-2-3-9-15-13/h5-8,13H,2-4,9-10H2,1H3. The second kappa shape index (κ2) is 6.17. The van der Waals surface area contributed by atoms with Gasteiger partial charge in [-0.05, 0) is 30.5 Å². The van der Waals surface area contributed by atoms with Gasteiger partial charge in [0.2, 0.25) is 0 Å². The van der Waals surface area contributed by atoms with Gasteiger partial charge in [0.1, 0.15) is 5.75 Å². The van der Waals surface area contributed by atoms with Crippen molar-refractivity contribution in [3.8, 4) is 5.75 Å². The predicted molar refractivity (Wildman–Crippen MR) is 68.4 cm³/mol. The quantitative estimate of drug-likeness (QED) is 0.828. The fraction of sp³-hybridized carbons (Fsp3) is 0.538. The molecule has 4 heteroatoms. The van der Waals surface area contributed by atoms with Gasteiger partial charge in [-0.15, -0.1) is 0 Å². The van der Waals surface area contributed by atoms with Gasteiger partial charge in [0.05, 0.1) is 6.61 Å². The van der Waals surface area contributed by atoms with Crippen molar-refractivity contribution in [2.45, 2.75) is 31.3 Å². The maximum atomic E-state index is 11.1. The summed E-state index contributed by atoms with van der Waals surface area (Å²) in [5.74, 6) is 1.42. The normalized spacial score (nSPS) is 22.1. The van der Waals surface area contributed by atoms with Gasteiger partial charge in [-0.25, -0.2) is 0 Å². The minimum Gasteiger partial charge on any atom is -0.465 e. The van der Waals surface area contributed by atoms with Crippen LogP contribution in [0.2, 0.25) is 0 Å². The van der Waals surface area contributed by atoms with Crippen LogP contribution in [-0.4, -0.2) is 23.4 Å². The molecule has 0 radical (unpaired) electrons. The molecule has 94 valence electrons. The van der Waals surface area contributed by atoms with E-state index in [9.17, 15) is 4.21 Å². The Hall–Kier alpha value is -0.870. The van der Waals surface area contributed by atoms with Crippen molar-refractivity contribution in [1.82, 2.24) is 0 Å². The van der Waals surface area contributed by atoms with Crippen molar-refractivity contribution in [3.63, 3.8) is 0 Å². The lowest BCUT2D eigenvalue weighted by Crippen LogP contribution is -2.24. The molecule has 1 heterocycles. The molecule has 0 bridgehead atoms. The Labute approximate surface area is 105 Å². The van der Waals surface area contributed by atoms with Crippen LogP contribution >= 0.6 is 0 Å². The van der Waals surface area contributed by atoms with Gasteiger partial charge in [-0.2, -0.15) is 0 Å². The number of benzene rings is 1. The molecule has 1 fully saturated rings. The van der Waals surface area contributed by atoms with Crippen LogP contribution in [0.1, 0.15) is 24.8 Å². The van der Waals surface area contributed by atoms with E-state index < -0.39 is 10.8 Å². The number of hydrogen-bond donors (Lipinski definition) is 0. The second-order valence-corrected chi connectivity index (χ2v) is 5.71. The zero-order valence-corrected chi connectivity index (χ0v) is 10.9. The van der Waals surface area contributed by atoms with Crippen molar-refractivity contribution in [2.24, 2.45) is 0 Å². The smallest absolute Gasteiger partial charge is 0.199 e. The first-order valence-electron chi connectivity index (χ1n) is 5.91. The third-order valence-corrected chi connectivity index (χ3v) is 3.44. The van der Waals surface area contributed by atoms with Crippen molar-refractivity contribution in [1.29, 1.82) is 0 Å². The molecule has 1 aliphatic rings. The van der Waals surface area contributed by atoms with Crippen LogP contribution in [0.4, 0.5) is 0 Å². The zero-order chi connectivity index (χ0) is 12.1. The van der Waals surface area contributed by atoms with Gasteiger partial charge in [-0.1, -0.05) is 12.1 Å². The molecule has 0 N–H and O–H groups in total. The lowest BCUT2D eigenvalue weighted by atomic mass is 10.2. The summed E-state index contributed by atoms with van der Waals surface area (Å²) >= 11 is 0. The topological polar surface area (TPSA) is 35.5 Å². The average Bonchev–Trinajstić information content (AvgIpc) is 2.32. The number of rotatable bonds is 4. The van der Waals surface area contributed by atoms with Crippen LogP contribution in [0, 0.1) is 0 Å². The van der Waals surface area contributed by atoms with E-state index in [1.807, 2.05) is 24.3 Å². The van der Waals surface area contributed by atoms with Gasteiger partial charge in [0.25, 0.3) is 0 Å². The van der Waals surface area contributed by atoms with E-state index in [1.165, 1.54) is 0 Å². The highest BCUT2D eigenvalue weighted by Gasteiger charge is 2.14. The summed E-state index contributed by atoms with van der Waals surface area (Å²) in [5.41, 5.74) is 1.07. The third-order valence-electron chi connectivity index (χ3n) is 2.70. The maximum Gasteiger partial charge on any atom is 0.199 e. The van der Waals surface area contributed by atoms with Crippen LogP contribution < -0.4 is 4.74 Å². The molecule has 0 aliphatic carbocycles. The van der Waals surface area contributed by atoms with Gasteiger partial charge >= 0.3 is 0 Å². The van der Waals surface area contributed by atoms with E-state index in [-0.39, 0.29) is 6.29 Å². The summed E-state index contributed by atoms with van der Waals surface area (Å²) in [6.07, 6.45) is 4.86. The van der Waals surface area contributed by atoms with E-state index in [0.717, 1.165) is 37.2 Å². The van der Waals surface area contributed by atoms with Crippen molar-refractivity contribution < 1.29 is 13.7 Å². The van der Waals surface area contributed by atoms with Gasteiger partial charge < -0.3 is 9.47 Å². The molecular weight excluding hydrogens is 236 g/mol. The Morgan fingerprint density at radius 1 is 1.35 bits per heavy atom. The molecule has 0 aromatic heterocycles. The average molecular weight is 254 g/mol. The SMILES string of the molecule is CS(=O)Cc1ccc(OC2CCCCO2)cc1. The molecule has 1 aromatic carbocycles. The summed E-state index contributed by atoms with van der Waals surface area (Å²) in [7, 11) is -0.795. The molecule has 2 rings (SSSR count). The summed E-state index contributed by atoms with van der Waals surface area (Å²) in [5, 5.41) is 0.